The summed E-state index contributed by atoms with van der Waals surface area (Å²) in [5, 5.41) is 5.54. The van der Waals surface area contributed by atoms with Crippen molar-refractivity contribution in [2.45, 2.75) is 0 Å². The average molecular weight is 499 g/mol. The van der Waals surface area contributed by atoms with Gasteiger partial charge >= 0.3 is 0 Å². The van der Waals surface area contributed by atoms with E-state index in [1.807, 2.05) is 24.3 Å². The highest BCUT2D eigenvalue weighted by molar-refractivity contribution is 6.11. The molecule has 4 aromatic heterocycles. The van der Waals surface area contributed by atoms with Gasteiger partial charge in [-0.1, -0.05) is 36.4 Å². The predicted octanol–water partition coefficient (Wildman–Crippen LogP) is 9.24. The largest absolute Gasteiger partial charge is 0.456 e. The van der Waals surface area contributed by atoms with E-state index >= 15 is 0 Å². The van der Waals surface area contributed by atoms with Crippen LogP contribution in [0.15, 0.2) is 118 Å². The van der Waals surface area contributed by atoms with Crippen LogP contribution in [0.25, 0.3) is 82.6 Å². The molecule has 0 saturated carbocycles. The monoisotopic (exact) mass is 498 g/mol. The van der Waals surface area contributed by atoms with E-state index < -0.39 is 0 Å². The molecule has 4 heterocycles. The van der Waals surface area contributed by atoms with E-state index in [0.717, 1.165) is 71.9 Å². The molecule has 5 aromatic carbocycles. The maximum Gasteiger partial charge on any atom is 0.153 e. The molecule has 180 valence electrons. The standard InChI is InChI=1S/C35H18N2O2/c1-3-8-29-24(6-1)25-7-2-4-9-30(25)37(29)23-13-16-32-27(20-23)26-18-21(11-14-31(26)38-32)22-12-15-33-28(19-22)35-34(39-33)10-5-17-36-35/h1-3,5-8,10-20H. The molecule has 0 spiro atoms. The summed E-state index contributed by atoms with van der Waals surface area (Å²) in [5.74, 6) is 0. The molecule has 9 aromatic rings. The first kappa shape index (κ1) is 20.5. The van der Waals surface area contributed by atoms with E-state index in [9.17, 15) is 0 Å². The fourth-order valence-corrected chi connectivity index (χ4v) is 5.92. The average Bonchev–Trinajstić information content (AvgIpc) is 3.65. The number of hydrogen-bond acceptors (Lipinski definition) is 3. The van der Waals surface area contributed by atoms with Crippen LogP contribution in [0.1, 0.15) is 0 Å². The Hall–Kier alpha value is -5.53. The zero-order chi connectivity index (χ0) is 25.5. The van der Waals surface area contributed by atoms with E-state index in [0.29, 0.717) is 0 Å². The van der Waals surface area contributed by atoms with Crippen molar-refractivity contribution in [2.24, 2.45) is 0 Å². The SMILES string of the molecule is c1ccc2c3ccccc3n(-c3ccc4oc5ccc(-c6ccc7oc8cccnc8c7c6)cc5c4c3)c2c#1. The van der Waals surface area contributed by atoms with Gasteiger partial charge in [0.1, 0.15) is 27.8 Å². The Bertz CT molecular complexity index is 2350. The van der Waals surface area contributed by atoms with Crippen LogP contribution in [0.4, 0.5) is 0 Å². The van der Waals surface area contributed by atoms with Gasteiger partial charge in [-0.2, -0.15) is 0 Å². The topological polar surface area (TPSA) is 44.1 Å². The van der Waals surface area contributed by atoms with Crippen molar-refractivity contribution >= 4 is 65.8 Å². The molecule has 0 aliphatic carbocycles. The fourth-order valence-electron chi connectivity index (χ4n) is 5.92. The van der Waals surface area contributed by atoms with Crippen LogP contribution in [-0.4, -0.2) is 9.55 Å². The van der Waals surface area contributed by atoms with Gasteiger partial charge in [-0.25, -0.2) is 0 Å². The molecule has 9 rings (SSSR count). The Kier molecular flexibility index (Phi) is 3.95. The molecular weight excluding hydrogens is 480 g/mol. The van der Waals surface area contributed by atoms with Gasteiger partial charge < -0.3 is 13.4 Å². The lowest BCUT2D eigenvalue weighted by Gasteiger charge is -2.07. The van der Waals surface area contributed by atoms with Gasteiger partial charge in [-0.15, -0.1) is 0 Å². The Morgan fingerprint density at radius 1 is 0.590 bits per heavy atom. The lowest BCUT2D eigenvalue weighted by molar-refractivity contribution is 0.668. The second-order valence-electron chi connectivity index (χ2n) is 9.87. The van der Waals surface area contributed by atoms with Crippen molar-refractivity contribution in [3.63, 3.8) is 0 Å². The Morgan fingerprint density at radius 2 is 1.33 bits per heavy atom. The van der Waals surface area contributed by atoms with E-state index in [2.05, 4.69) is 101 Å². The summed E-state index contributed by atoms with van der Waals surface area (Å²) < 4.78 is 14.5. The van der Waals surface area contributed by atoms with Gasteiger partial charge in [0.15, 0.2) is 5.58 Å². The molecule has 0 aliphatic rings. The number of aromatic nitrogens is 2. The van der Waals surface area contributed by atoms with E-state index in [1.54, 1.807) is 6.20 Å². The molecule has 4 heteroatoms. The molecule has 4 nitrogen and oxygen atoms in total. The second kappa shape index (κ2) is 7.50. The predicted molar refractivity (Wildman–Crippen MR) is 156 cm³/mol. The van der Waals surface area contributed by atoms with E-state index in [1.165, 1.54) is 10.8 Å². The number of rotatable bonds is 2. The summed E-state index contributed by atoms with van der Waals surface area (Å²) in [6.45, 7) is 0. The summed E-state index contributed by atoms with van der Waals surface area (Å²) in [6, 6.07) is 41.9. The van der Waals surface area contributed by atoms with Crippen molar-refractivity contribution in [1.29, 1.82) is 0 Å². The van der Waals surface area contributed by atoms with Gasteiger partial charge in [0.2, 0.25) is 0 Å². The molecule has 0 amide bonds. The third-order valence-electron chi connectivity index (χ3n) is 7.71. The zero-order valence-corrected chi connectivity index (χ0v) is 20.6. The number of para-hydroxylation sites is 1. The Labute approximate surface area is 222 Å². The lowest BCUT2D eigenvalue weighted by Crippen LogP contribution is -1.92. The smallest absolute Gasteiger partial charge is 0.153 e. The molecule has 0 saturated heterocycles. The van der Waals surface area contributed by atoms with Crippen LogP contribution in [0.2, 0.25) is 0 Å². The zero-order valence-electron chi connectivity index (χ0n) is 20.6. The maximum atomic E-state index is 6.26. The van der Waals surface area contributed by atoms with Gasteiger partial charge in [-0.05, 0) is 90.0 Å². The number of benzene rings is 4. The summed E-state index contributed by atoms with van der Waals surface area (Å²) in [6.07, 6.45) is 1.80. The fraction of sp³-hybridized carbons (Fsp3) is 0. The van der Waals surface area contributed by atoms with Crippen LogP contribution < -0.4 is 0 Å². The first-order valence-electron chi connectivity index (χ1n) is 12.9. The van der Waals surface area contributed by atoms with Gasteiger partial charge in [-0.3, -0.25) is 4.98 Å². The minimum Gasteiger partial charge on any atom is -0.456 e. The van der Waals surface area contributed by atoms with Crippen LogP contribution >= 0.6 is 0 Å². The van der Waals surface area contributed by atoms with Crippen LogP contribution in [0.3, 0.4) is 0 Å². The molecule has 0 unspecified atom stereocenters. The Morgan fingerprint density at radius 3 is 2.23 bits per heavy atom. The summed E-state index contributed by atoms with van der Waals surface area (Å²) in [7, 11) is 0. The molecule has 0 atom stereocenters. The molecule has 0 fully saturated rings. The molecule has 0 bridgehead atoms. The lowest BCUT2D eigenvalue weighted by atomic mass is 10.0. The minimum absolute atomic E-state index is 0.799. The third-order valence-corrected chi connectivity index (χ3v) is 7.71. The van der Waals surface area contributed by atoms with E-state index in [4.69, 9.17) is 8.83 Å². The molecule has 39 heavy (non-hydrogen) atoms. The highest BCUT2D eigenvalue weighted by Gasteiger charge is 2.15. The van der Waals surface area contributed by atoms with Gasteiger partial charge in [0.05, 0.1) is 5.52 Å². The van der Waals surface area contributed by atoms with Crippen molar-refractivity contribution in [3.05, 3.63) is 121 Å². The number of fused-ring (bicyclic) bond motifs is 9. The highest BCUT2D eigenvalue weighted by atomic mass is 16.3. The first-order chi connectivity index (χ1) is 19.3. The Balaban J connectivity index is 1.26. The first-order valence-corrected chi connectivity index (χ1v) is 12.9. The second-order valence-corrected chi connectivity index (χ2v) is 9.87. The quantitative estimate of drug-likeness (QED) is 0.239. The third kappa shape index (κ3) is 2.87. The van der Waals surface area contributed by atoms with E-state index in [-0.39, 0.29) is 0 Å². The number of pyridine rings is 1. The number of furan rings is 2. The molecule has 0 N–H and O–H groups in total. The molecular formula is C35H18N2O2. The van der Waals surface area contributed by atoms with Crippen molar-refractivity contribution in [2.75, 3.05) is 0 Å². The van der Waals surface area contributed by atoms with Crippen LogP contribution in [-0.2, 0) is 0 Å². The van der Waals surface area contributed by atoms with Gasteiger partial charge in [0, 0.05) is 38.8 Å². The molecule has 0 aliphatic heterocycles. The van der Waals surface area contributed by atoms with Crippen LogP contribution in [0.5, 0.6) is 0 Å². The maximum absolute atomic E-state index is 6.26. The van der Waals surface area contributed by atoms with Crippen molar-refractivity contribution in [1.82, 2.24) is 9.55 Å². The highest BCUT2D eigenvalue weighted by Crippen LogP contribution is 2.37. The normalized spacial score (nSPS) is 11.9. The number of hydrogen-bond donors (Lipinski definition) is 0. The molecule has 0 radical (unpaired) electrons. The van der Waals surface area contributed by atoms with Crippen molar-refractivity contribution in [3.8, 4) is 16.8 Å². The van der Waals surface area contributed by atoms with Gasteiger partial charge in [0.25, 0.3) is 0 Å². The summed E-state index contributed by atoms with van der Waals surface area (Å²) >= 11 is 0. The number of nitrogens with zero attached hydrogens (tertiary/aromatic N) is 2. The minimum atomic E-state index is 0.799. The van der Waals surface area contributed by atoms with Crippen molar-refractivity contribution < 1.29 is 8.83 Å². The summed E-state index contributed by atoms with van der Waals surface area (Å²) in [5.41, 5.74) is 9.70. The van der Waals surface area contributed by atoms with Crippen LogP contribution in [0, 0.1) is 12.1 Å². The summed E-state index contributed by atoms with van der Waals surface area (Å²) in [4.78, 5) is 4.55.